The Kier molecular flexibility index (Phi) is 3.97. The molecular formula is C19H19N3O3. The third kappa shape index (κ3) is 3.25. The van der Waals surface area contributed by atoms with Gasteiger partial charge in [0.2, 0.25) is 0 Å². The number of aryl methyl sites for hydroxylation is 1. The Hall–Kier alpha value is -2.73. The Morgan fingerprint density at radius 3 is 2.76 bits per heavy atom. The van der Waals surface area contributed by atoms with Crippen LogP contribution in [0.2, 0.25) is 0 Å². The minimum atomic E-state index is -0.941. The van der Waals surface area contributed by atoms with Crippen molar-refractivity contribution in [1.29, 1.82) is 0 Å². The minimum Gasteiger partial charge on any atom is -0.478 e. The van der Waals surface area contributed by atoms with Crippen LogP contribution in [0.5, 0.6) is 0 Å². The zero-order valence-corrected chi connectivity index (χ0v) is 14.0. The normalized spacial score (nSPS) is 14.1. The molecule has 25 heavy (non-hydrogen) atoms. The summed E-state index contributed by atoms with van der Waals surface area (Å²) in [5.41, 5.74) is 3.85. The Morgan fingerprint density at radius 2 is 2.08 bits per heavy atom. The van der Waals surface area contributed by atoms with Crippen molar-refractivity contribution < 1.29 is 14.6 Å². The van der Waals surface area contributed by atoms with Crippen molar-refractivity contribution in [3.63, 3.8) is 0 Å². The molecule has 0 spiro atoms. The molecule has 4 rings (SSSR count). The van der Waals surface area contributed by atoms with E-state index in [1.54, 1.807) is 28.9 Å². The molecule has 0 amide bonds. The van der Waals surface area contributed by atoms with Gasteiger partial charge in [-0.2, -0.15) is 5.10 Å². The molecule has 3 aromatic rings. The maximum absolute atomic E-state index is 11.0. The average molecular weight is 337 g/mol. The highest BCUT2D eigenvalue weighted by Gasteiger charge is 2.21. The van der Waals surface area contributed by atoms with Crippen molar-refractivity contribution in [2.75, 3.05) is 6.61 Å². The fourth-order valence-corrected chi connectivity index (χ4v) is 2.83. The molecule has 0 bridgehead atoms. The van der Waals surface area contributed by atoms with Gasteiger partial charge in [-0.05, 0) is 62.1 Å². The first-order valence-electron chi connectivity index (χ1n) is 8.41. The average Bonchev–Trinajstić information content (AvgIpc) is 3.38. The van der Waals surface area contributed by atoms with E-state index in [4.69, 9.17) is 9.84 Å². The smallest absolute Gasteiger partial charge is 0.335 e. The van der Waals surface area contributed by atoms with Crippen molar-refractivity contribution in [2.24, 2.45) is 0 Å². The van der Waals surface area contributed by atoms with Crippen molar-refractivity contribution in [1.82, 2.24) is 14.8 Å². The van der Waals surface area contributed by atoms with Gasteiger partial charge in [-0.1, -0.05) is 0 Å². The van der Waals surface area contributed by atoms with E-state index < -0.39 is 5.97 Å². The predicted octanol–water partition coefficient (Wildman–Crippen LogP) is 3.15. The molecule has 1 N–H and O–H groups in total. The Balaban J connectivity index is 1.62. The summed E-state index contributed by atoms with van der Waals surface area (Å²) in [6, 6.07) is 8.75. The molecule has 1 aliphatic rings. The molecule has 6 nitrogen and oxygen atoms in total. The van der Waals surface area contributed by atoms with Crippen LogP contribution in [0, 0.1) is 6.92 Å². The Bertz CT molecular complexity index is 927. The van der Waals surface area contributed by atoms with Crippen LogP contribution in [0.15, 0.2) is 36.5 Å². The molecule has 0 aliphatic heterocycles. The molecule has 128 valence electrons. The van der Waals surface area contributed by atoms with E-state index in [1.165, 1.54) is 12.8 Å². The summed E-state index contributed by atoms with van der Waals surface area (Å²) in [5.74, 6) is -0.941. The Morgan fingerprint density at radius 1 is 1.32 bits per heavy atom. The number of rotatable bonds is 6. The summed E-state index contributed by atoms with van der Waals surface area (Å²) in [6.45, 7) is 2.68. The quantitative estimate of drug-likeness (QED) is 0.748. The van der Waals surface area contributed by atoms with Gasteiger partial charge in [0.1, 0.15) is 0 Å². The number of hydrogen-bond acceptors (Lipinski definition) is 4. The number of benzene rings is 1. The third-order valence-electron chi connectivity index (χ3n) is 4.39. The van der Waals surface area contributed by atoms with Crippen LogP contribution in [0.25, 0.3) is 16.7 Å². The highest BCUT2D eigenvalue weighted by molar-refractivity contribution is 5.88. The lowest BCUT2D eigenvalue weighted by molar-refractivity contribution is 0.0697. The molecule has 0 saturated heterocycles. The number of ether oxygens (including phenoxy) is 1. The molecule has 0 radical (unpaired) electrons. The summed E-state index contributed by atoms with van der Waals surface area (Å²) in [7, 11) is 0. The Labute approximate surface area is 145 Å². The predicted molar refractivity (Wildman–Crippen MR) is 93.2 cm³/mol. The summed E-state index contributed by atoms with van der Waals surface area (Å²) in [5, 5.41) is 14.6. The largest absolute Gasteiger partial charge is 0.478 e. The highest BCUT2D eigenvalue weighted by atomic mass is 16.5. The fourth-order valence-electron chi connectivity index (χ4n) is 2.83. The van der Waals surface area contributed by atoms with Crippen molar-refractivity contribution in [3.05, 3.63) is 53.3 Å². The topological polar surface area (TPSA) is 77.2 Å². The number of aromatic nitrogens is 3. The number of aromatic carboxylic acids is 1. The first kappa shape index (κ1) is 15.8. The number of hydrogen-bond donors (Lipinski definition) is 1. The van der Waals surface area contributed by atoms with E-state index in [0.717, 1.165) is 41.0 Å². The monoisotopic (exact) mass is 337 g/mol. The van der Waals surface area contributed by atoms with Gasteiger partial charge >= 0.3 is 5.97 Å². The number of carbonyl (C=O) groups is 1. The van der Waals surface area contributed by atoms with E-state index in [9.17, 15) is 4.79 Å². The fraction of sp³-hybridized carbons (Fsp3) is 0.316. The van der Waals surface area contributed by atoms with Gasteiger partial charge in [0.25, 0.3) is 0 Å². The minimum absolute atomic E-state index is 0.253. The summed E-state index contributed by atoms with van der Waals surface area (Å²) >= 11 is 0. The van der Waals surface area contributed by atoms with Crippen LogP contribution in [-0.4, -0.2) is 38.6 Å². The van der Waals surface area contributed by atoms with Gasteiger partial charge in [0, 0.05) is 11.6 Å². The standard InChI is InChI=1S/C19H19N3O3/c1-12-17-10-13(8-9-25-16-6-7-16)11-20-18(17)22(21-12)15-4-2-14(3-5-15)19(23)24/h2-5,10-11,16H,6-9H2,1H3,(H,23,24). The van der Waals surface area contributed by atoms with E-state index in [-0.39, 0.29) is 5.56 Å². The van der Waals surface area contributed by atoms with E-state index in [0.29, 0.717) is 6.10 Å². The number of pyridine rings is 1. The van der Waals surface area contributed by atoms with Crippen LogP contribution >= 0.6 is 0 Å². The summed E-state index contributed by atoms with van der Waals surface area (Å²) < 4.78 is 7.46. The van der Waals surface area contributed by atoms with Gasteiger partial charge in [-0.15, -0.1) is 0 Å². The molecular weight excluding hydrogens is 318 g/mol. The number of carboxylic acids is 1. The van der Waals surface area contributed by atoms with Crippen LogP contribution in [-0.2, 0) is 11.2 Å². The van der Waals surface area contributed by atoms with Crippen LogP contribution in [0.1, 0.15) is 34.5 Å². The first-order chi connectivity index (χ1) is 12.1. The van der Waals surface area contributed by atoms with Gasteiger partial charge in [-0.3, -0.25) is 0 Å². The zero-order valence-electron chi connectivity index (χ0n) is 14.0. The number of fused-ring (bicyclic) bond motifs is 1. The first-order valence-corrected chi connectivity index (χ1v) is 8.41. The summed E-state index contributed by atoms with van der Waals surface area (Å²) in [6.07, 6.45) is 5.54. The second kappa shape index (κ2) is 6.29. The van der Waals surface area contributed by atoms with Crippen molar-refractivity contribution in [3.8, 4) is 5.69 Å². The van der Waals surface area contributed by atoms with Crippen molar-refractivity contribution >= 4 is 17.0 Å². The van der Waals surface area contributed by atoms with Gasteiger partial charge in [0.05, 0.1) is 29.7 Å². The molecule has 1 saturated carbocycles. The zero-order chi connectivity index (χ0) is 17.4. The second-order valence-electron chi connectivity index (χ2n) is 6.38. The maximum atomic E-state index is 11.0. The molecule has 1 aliphatic carbocycles. The lowest BCUT2D eigenvalue weighted by Gasteiger charge is -2.05. The third-order valence-corrected chi connectivity index (χ3v) is 4.39. The molecule has 6 heteroatoms. The van der Waals surface area contributed by atoms with Crippen molar-refractivity contribution in [2.45, 2.75) is 32.3 Å². The van der Waals surface area contributed by atoms with E-state index in [1.807, 2.05) is 13.1 Å². The molecule has 2 heterocycles. The number of carboxylic acid groups (broad SMARTS) is 1. The molecule has 1 fully saturated rings. The van der Waals surface area contributed by atoms with Crippen LogP contribution in [0.4, 0.5) is 0 Å². The lowest BCUT2D eigenvalue weighted by atomic mass is 10.1. The SMILES string of the molecule is Cc1nn(-c2ccc(C(=O)O)cc2)c2ncc(CCOC3CC3)cc12. The molecule has 0 atom stereocenters. The lowest BCUT2D eigenvalue weighted by Crippen LogP contribution is -2.02. The van der Waals surface area contributed by atoms with Crippen LogP contribution in [0.3, 0.4) is 0 Å². The van der Waals surface area contributed by atoms with E-state index >= 15 is 0 Å². The highest BCUT2D eigenvalue weighted by Crippen LogP contribution is 2.24. The van der Waals surface area contributed by atoms with Gasteiger partial charge < -0.3 is 9.84 Å². The molecule has 1 aromatic carbocycles. The summed E-state index contributed by atoms with van der Waals surface area (Å²) in [4.78, 5) is 15.6. The molecule has 0 unspecified atom stereocenters. The van der Waals surface area contributed by atoms with Crippen LogP contribution < -0.4 is 0 Å². The number of nitrogens with zero attached hydrogens (tertiary/aromatic N) is 3. The molecule has 2 aromatic heterocycles. The van der Waals surface area contributed by atoms with Gasteiger partial charge in [0.15, 0.2) is 5.65 Å². The second-order valence-corrected chi connectivity index (χ2v) is 6.38. The maximum Gasteiger partial charge on any atom is 0.335 e. The van der Waals surface area contributed by atoms with E-state index in [2.05, 4.69) is 16.1 Å². The van der Waals surface area contributed by atoms with Gasteiger partial charge in [-0.25, -0.2) is 14.5 Å².